The van der Waals surface area contributed by atoms with Gasteiger partial charge in [0.15, 0.2) is 11.4 Å². The van der Waals surface area contributed by atoms with Crippen molar-refractivity contribution in [2.75, 3.05) is 14.1 Å². The van der Waals surface area contributed by atoms with E-state index in [0.29, 0.717) is 6.42 Å². The lowest BCUT2D eigenvalue weighted by molar-refractivity contribution is -0.153. The number of benzene rings is 1. The van der Waals surface area contributed by atoms with Crippen LogP contribution in [0, 0.1) is 17.3 Å². The molecule has 0 heterocycles. The number of phenolic OH excluding ortho intramolecular Hbond substituents is 1. The monoisotopic (exact) mass is 512 g/mol. The average Bonchev–Trinajstić information content (AvgIpc) is 2.76. The molecule has 1 fully saturated rings. The Hall–Kier alpha value is -3.17. The van der Waals surface area contributed by atoms with Gasteiger partial charge in [0.2, 0.25) is 5.78 Å². The Morgan fingerprint density at radius 1 is 1.16 bits per heavy atom. The van der Waals surface area contributed by atoms with Crippen LogP contribution in [0.5, 0.6) is 5.75 Å². The number of fused-ring (bicyclic) bond motifs is 3. The van der Waals surface area contributed by atoms with E-state index < -0.39 is 58.0 Å². The Morgan fingerprint density at radius 2 is 1.81 bits per heavy atom. The predicted molar refractivity (Wildman–Crippen MR) is 137 cm³/mol. The molecule has 4 atom stereocenters. The number of Topliss-reactive ketones (excluding diaryl/α,β-unsaturated/α-hetero) is 2. The molecule has 0 spiro atoms. The third-order valence-electron chi connectivity index (χ3n) is 8.07. The molecule has 9 heteroatoms. The summed E-state index contributed by atoms with van der Waals surface area (Å²) in [5.74, 6) is -6.37. The third-order valence-corrected chi connectivity index (χ3v) is 8.07. The lowest BCUT2D eigenvalue weighted by atomic mass is 9.57. The van der Waals surface area contributed by atoms with Crippen LogP contribution in [0.15, 0.2) is 29.0 Å². The van der Waals surface area contributed by atoms with Crippen LogP contribution in [0.1, 0.15) is 56.7 Å². The van der Waals surface area contributed by atoms with Crippen molar-refractivity contribution < 1.29 is 34.8 Å². The maximum absolute atomic E-state index is 13.8. The van der Waals surface area contributed by atoms with Gasteiger partial charge >= 0.3 is 0 Å². The Morgan fingerprint density at radius 3 is 2.38 bits per heavy atom. The van der Waals surface area contributed by atoms with Crippen LogP contribution >= 0.6 is 0 Å². The van der Waals surface area contributed by atoms with Gasteiger partial charge < -0.3 is 26.2 Å². The molecule has 1 amide bonds. The number of aliphatic hydroxyl groups excluding tert-OH is 2. The fourth-order valence-corrected chi connectivity index (χ4v) is 6.35. The van der Waals surface area contributed by atoms with Crippen molar-refractivity contribution in [1.82, 2.24) is 4.90 Å². The molecular weight excluding hydrogens is 476 g/mol. The number of likely N-dealkylation sites (N-methyl/N-ethyl adjacent to an activating group) is 1. The second kappa shape index (κ2) is 8.99. The van der Waals surface area contributed by atoms with Gasteiger partial charge in [-0.25, -0.2) is 0 Å². The minimum atomic E-state index is -2.62. The molecule has 0 saturated heterocycles. The topological polar surface area (TPSA) is 161 Å². The van der Waals surface area contributed by atoms with Crippen LogP contribution in [0.3, 0.4) is 0 Å². The number of hydrogen-bond acceptors (Lipinski definition) is 8. The van der Waals surface area contributed by atoms with Gasteiger partial charge in [-0.05, 0) is 74.7 Å². The first-order chi connectivity index (χ1) is 17.1. The quantitative estimate of drug-likeness (QED) is 0.376. The molecule has 3 aliphatic rings. The van der Waals surface area contributed by atoms with Crippen molar-refractivity contribution in [3.8, 4) is 5.75 Å². The number of aryl methyl sites for hydroxylation is 1. The Bertz CT molecular complexity index is 1250. The molecular formula is C28H36N2O7. The van der Waals surface area contributed by atoms with Crippen LogP contribution in [0.2, 0.25) is 0 Å². The SMILES string of the molecule is CN(C)[C@@H]1C(=O)C(C(N)=O)=C(O)[C@@]2(O)C(=O)C3=C(O)c4c(O)ccc(CCCC(C)(C)C)c4C[C@H]3C[C@@H]12. The van der Waals surface area contributed by atoms with Gasteiger partial charge in [-0.2, -0.15) is 0 Å². The number of phenols is 1. The van der Waals surface area contributed by atoms with E-state index >= 15 is 0 Å². The second-order valence-electron chi connectivity index (χ2n) is 12.0. The van der Waals surface area contributed by atoms with E-state index in [-0.39, 0.29) is 28.7 Å². The molecule has 0 bridgehead atoms. The van der Waals surface area contributed by atoms with Crippen molar-refractivity contribution >= 4 is 23.2 Å². The molecule has 4 rings (SSSR count). The van der Waals surface area contributed by atoms with E-state index in [1.807, 2.05) is 6.07 Å². The Labute approximate surface area is 216 Å². The zero-order valence-electron chi connectivity index (χ0n) is 22.0. The molecule has 0 aromatic heterocycles. The Balaban J connectivity index is 1.86. The summed E-state index contributed by atoms with van der Waals surface area (Å²) in [6, 6.07) is 2.22. The van der Waals surface area contributed by atoms with Crippen LogP contribution < -0.4 is 5.73 Å². The first kappa shape index (κ1) is 26.9. The molecule has 9 nitrogen and oxygen atoms in total. The van der Waals surface area contributed by atoms with Gasteiger partial charge in [-0.3, -0.25) is 19.3 Å². The highest BCUT2D eigenvalue weighted by molar-refractivity contribution is 6.24. The van der Waals surface area contributed by atoms with Crippen molar-refractivity contribution in [3.05, 3.63) is 45.7 Å². The van der Waals surface area contributed by atoms with Crippen LogP contribution in [-0.2, 0) is 27.2 Å². The fourth-order valence-electron chi connectivity index (χ4n) is 6.35. The number of aromatic hydroxyl groups is 1. The number of primary amides is 1. The molecule has 37 heavy (non-hydrogen) atoms. The summed E-state index contributed by atoms with van der Waals surface area (Å²) in [5, 5.41) is 44.5. The van der Waals surface area contributed by atoms with Gasteiger partial charge in [-0.1, -0.05) is 26.8 Å². The number of carbonyl (C=O) groups excluding carboxylic acids is 3. The van der Waals surface area contributed by atoms with E-state index in [1.54, 1.807) is 14.1 Å². The van der Waals surface area contributed by atoms with Crippen molar-refractivity contribution in [3.63, 3.8) is 0 Å². The van der Waals surface area contributed by atoms with E-state index in [4.69, 9.17) is 5.73 Å². The third kappa shape index (κ3) is 4.14. The number of nitrogens with two attached hydrogens (primary N) is 1. The number of aliphatic hydroxyl groups is 3. The van der Waals surface area contributed by atoms with Gasteiger partial charge in [0.25, 0.3) is 5.91 Å². The smallest absolute Gasteiger partial charge is 0.255 e. The van der Waals surface area contributed by atoms with E-state index in [2.05, 4.69) is 20.8 Å². The number of ketones is 2. The predicted octanol–water partition coefficient (Wildman–Crippen LogP) is 2.33. The highest BCUT2D eigenvalue weighted by atomic mass is 16.3. The first-order valence-corrected chi connectivity index (χ1v) is 12.6. The first-order valence-electron chi connectivity index (χ1n) is 12.6. The van der Waals surface area contributed by atoms with E-state index in [1.165, 1.54) is 11.0 Å². The average molecular weight is 513 g/mol. The maximum Gasteiger partial charge on any atom is 0.255 e. The van der Waals surface area contributed by atoms with Crippen molar-refractivity contribution in [2.24, 2.45) is 23.0 Å². The standard InChI is InChI=1S/C28H36N2O7/c1-27(2,3)10-6-7-13-8-9-17(31)19-15(13)11-14-12-16-21(30(4)5)23(33)20(26(29)36)25(35)28(16,37)24(34)18(14)22(19)32/h8-9,14,16,21,31-32,35,37H,6-7,10-12H2,1-5H3,(H2,29,36)/t14-,16-,21-,28-/m0/s1. The molecule has 0 aliphatic heterocycles. The fraction of sp³-hybridized carbons (Fsp3) is 0.536. The number of carbonyl (C=O) groups is 3. The second-order valence-corrected chi connectivity index (χ2v) is 12.0. The molecule has 1 aromatic carbocycles. The Kier molecular flexibility index (Phi) is 6.53. The van der Waals surface area contributed by atoms with Gasteiger partial charge in [-0.15, -0.1) is 0 Å². The molecule has 1 aromatic rings. The minimum Gasteiger partial charge on any atom is -0.508 e. The highest BCUT2D eigenvalue weighted by Crippen LogP contribution is 2.53. The zero-order valence-corrected chi connectivity index (χ0v) is 22.0. The molecule has 1 saturated carbocycles. The number of rotatable bonds is 5. The van der Waals surface area contributed by atoms with E-state index in [9.17, 15) is 34.8 Å². The summed E-state index contributed by atoms with van der Waals surface area (Å²) in [5.41, 5.74) is 3.77. The summed E-state index contributed by atoms with van der Waals surface area (Å²) < 4.78 is 0. The molecule has 3 aliphatic carbocycles. The van der Waals surface area contributed by atoms with Gasteiger partial charge in [0.1, 0.15) is 22.8 Å². The molecule has 0 radical (unpaired) electrons. The zero-order chi connectivity index (χ0) is 27.6. The summed E-state index contributed by atoms with van der Waals surface area (Å²) in [7, 11) is 3.16. The largest absolute Gasteiger partial charge is 0.508 e. The van der Waals surface area contributed by atoms with Crippen LogP contribution in [0.4, 0.5) is 0 Å². The van der Waals surface area contributed by atoms with Crippen LogP contribution in [0.25, 0.3) is 5.76 Å². The van der Waals surface area contributed by atoms with Crippen molar-refractivity contribution in [2.45, 2.75) is 64.5 Å². The lowest BCUT2D eigenvalue weighted by Crippen LogP contribution is -2.65. The minimum absolute atomic E-state index is 0.0862. The summed E-state index contributed by atoms with van der Waals surface area (Å²) in [6.07, 6.45) is 3.00. The highest BCUT2D eigenvalue weighted by Gasteiger charge is 2.64. The van der Waals surface area contributed by atoms with E-state index in [0.717, 1.165) is 30.4 Å². The number of amides is 1. The van der Waals surface area contributed by atoms with Gasteiger partial charge in [0, 0.05) is 11.5 Å². The number of nitrogens with zero attached hydrogens (tertiary/aromatic N) is 1. The van der Waals surface area contributed by atoms with Crippen molar-refractivity contribution in [1.29, 1.82) is 0 Å². The molecule has 6 N–H and O–H groups in total. The summed E-state index contributed by atoms with van der Waals surface area (Å²) in [4.78, 5) is 40.6. The van der Waals surface area contributed by atoms with Gasteiger partial charge in [0.05, 0.1) is 11.6 Å². The van der Waals surface area contributed by atoms with Crippen LogP contribution in [-0.4, -0.2) is 68.5 Å². The molecule has 0 unspecified atom stereocenters. The summed E-state index contributed by atoms with van der Waals surface area (Å²) in [6.45, 7) is 6.49. The lowest BCUT2D eigenvalue weighted by Gasteiger charge is -2.50. The summed E-state index contributed by atoms with van der Waals surface area (Å²) >= 11 is 0. The molecule has 200 valence electrons. The number of hydrogen-bond donors (Lipinski definition) is 5. The normalized spacial score (nSPS) is 27.8. The maximum atomic E-state index is 13.8.